The number of pyridine rings is 1. The Morgan fingerprint density at radius 1 is 0.923 bits per heavy atom. The van der Waals surface area contributed by atoms with Gasteiger partial charge in [-0.3, -0.25) is 4.79 Å². The number of amides is 1. The lowest BCUT2D eigenvalue weighted by Gasteiger charge is -2.08. The van der Waals surface area contributed by atoms with Crippen LogP contribution in [0.2, 0.25) is 0 Å². The standard InChI is InChI=1S/C22H22N2O2/c1-26-21-10-6-5-9-20(21)16-23-22(25)17-24-13-11-19(12-14-24)15-18-7-3-2-4-8-18/h2-14H,15-17H2,1H3/p+1. The number of para-hydroxylation sites is 1. The van der Waals surface area contributed by atoms with Crippen molar-refractivity contribution in [3.63, 3.8) is 0 Å². The zero-order valence-corrected chi connectivity index (χ0v) is 14.9. The Hall–Kier alpha value is -3.14. The maximum absolute atomic E-state index is 12.2. The fourth-order valence-corrected chi connectivity index (χ4v) is 2.81. The lowest BCUT2D eigenvalue weighted by molar-refractivity contribution is -0.684. The second-order valence-corrected chi connectivity index (χ2v) is 6.13. The highest BCUT2D eigenvalue weighted by molar-refractivity contribution is 5.74. The fourth-order valence-electron chi connectivity index (χ4n) is 2.81. The first-order chi connectivity index (χ1) is 12.7. The Labute approximate surface area is 154 Å². The van der Waals surface area contributed by atoms with Crippen LogP contribution in [-0.2, 0) is 24.3 Å². The van der Waals surface area contributed by atoms with Gasteiger partial charge in [0.2, 0.25) is 6.54 Å². The molecule has 3 aromatic rings. The molecule has 3 rings (SSSR count). The van der Waals surface area contributed by atoms with Gasteiger partial charge in [0, 0.05) is 24.2 Å². The molecule has 0 unspecified atom stereocenters. The maximum atomic E-state index is 12.2. The van der Waals surface area contributed by atoms with E-state index in [4.69, 9.17) is 4.74 Å². The van der Waals surface area contributed by atoms with Gasteiger partial charge in [-0.05, 0) is 23.6 Å². The number of aromatic nitrogens is 1. The zero-order chi connectivity index (χ0) is 18.2. The molecule has 0 radical (unpaired) electrons. The number of ether oxygens (including phenoxy) is 1. The van der Waals surface area contributed by atoms with E-state index in [0.29, 0.717) is 13.1 Å². The third kappa shape index (κ3) is 4.93. The highest BCUT2D eigenvalue weighted by Gasteiger charge is 2.10. The minimum Gasteiger partial charge on any atom is -0.496 e. The molecule has 4 nitrogen and oxygen atoms in total. The SMILES string of the molecule is COc1ccccc1CNC(=O)C[n+]1ccc(Cc2ccccc2)cc1. The second-order valence-electron chi connectivity index (χ2n) is 6.13. The second kappa shape index (κ2) is 8.81. The Morgan fingerprint density at radius 3 is 2.31 bits per heavy atom. The first-order valence-electron chi connectivity index (χ1n) is 8.65. The van der Waals surface area contributed by atoms with Crippen LogP contribution in [0.5, 0.6) is 5.75 Å². The number of carbonyl (C=O) groups is 1. The number of benzene rings is 2. The molecular weight excluding hydrogens is 324 g/mol. The summed E-state index contributed by atoms with van der Waals surface area (Å²) in [7, 11) is 1.63. The molecule has 0 aliphatic rings. The number of nitrogens with one attached hydrogen (secondary N) is 1. The largest absolute Gasteiger partial charge is 0.496 e. The van der Waals surface area contributed by atoms with Crippen LogP contribution < -0.4 is 14.6 Å². The van der Waals surface area contributed by atoms with E-state index in [-0.39, 0.29) is 5.91 Å². The molecule has 1 aromatic heterocycles. The van der Waals surface area contributed by atoms with Gasteiger partial charge < -0.3 is 10.1 Å². The third-order valence-electron chi connectivity index (χ3n) is 4.21. The van der Waals surface area contributed by atoms with E-state index in [0.717, 1.165) is 17.7 Å². The molecule has 132 valence electrons. The van der Waals surface area contributed by atoms with Crippen molar-refractivity contribution in [3.8, 4) is 5.75 Å². The van der Waals surface area contributed by atoms with Crippen molar-refractivity contribution in [1.29, 1.82) is 0 Å². The van der Waals surface area contributed by atoms with Crippen molar-refractivity contribution < 1.29 is 14.1 Å². The molecule has 0 atom stereocenters. The molecule has 2 aromatic carbocycles. The molecule has 0 aliphatic carbocycles. The first kappa shape index (κ1) is 17.7. The Morgan fingerprint density at radius 2 is 1.58 bits per heavy atom. The summed E-state index contributed by atoms with van der Waals surface area (Å²) in [6.07, 6.45) is 4.78. The first-order valence-corrected chi connectivity index (χ1v) is 8.65. The summed E-state index contributed by atoms with van der Waals surface area (Å²) < 4.78 is 7.18. The normalized spacial score (nSPS) is 10.3. The summed E-state index contributed by atoms with van der Waals surface area (Å²) in [5.74, 6) is 0.752. The number of hydrogen-bond donors (Lipinski definition) is 1. The maximum Gasteiger partial charge on any atom is 0.286 e. The van der Waals surface area contributed by atoms with Crippen molar-refractivity contribution in [2.75, 3.05) is 7.11 Å². The minimum atomic E-state index is -0.0308. The molecule has 0 saturated heterocycles. The van der Waals surface area contributed by atoms with Crippen molar-refractivity contribution in [1.82, 2.24) is 5.32 Å². The summed E-state index contributed by atoms with van der Waals surface area (Å²) in [4.78, 5) is 12.2. The molecule has 4 heteroatoms. The van der Waals surface area contributed by atoms with Gasteiger partial charge in [-0.1, -0.05) is 48.5 Å². The summed E-state index contributed by atoms with van der Waals surface area (Å²) in [6, 6.07) is 22.1. The Kier molecular flexibility index (Phi) is 5.99. The van der Waals surface area contributed by atoms with Crippen LogP contribution in [0.25, 0.3) is 0 Å². The van der Waals surface area contributed by atoms with Crippen LogP contribution in [0, 0.1) is 0 Å². The predicted molar refractivity (Wildman–Crippen MR) is 101 cm³/mol. The van der Waals surface area contributed by atoms with E-state index >= 15 is 0 Å². The van der Waals surface area contributed by atoms with Crippen molar-refractivity contribution >= 4 is 5.91 Å². The summed E-state index contributed by atoms with van der Waals surface area (Å²) >= 11 is 0. The average Bonchev–Trinajstić information content (AvgIpc) is 2.69. The third-order valence-corrected chi connectivity index (χ3v) is 4.21. The number of nitrogens with zero attached hydrogens (tertiary/aromatic N) is 1. The van der Waals surface area contributed by atoms with Gasteiger partial charge in [0.15, 0.2) is 12.4 Å². The van der Waals surface area contributed by atoms with Gasteiger partial charge in [-0.25, -0.2) is 0 Å². The van der Waals surface area contributed by atoms with Crippen LogP contribution in [0.3, 0.4) is 0 Å². The highest BCUT2D eigenvalue weighted by atomic mass is 16.5. The van der Waals surface area contributed by atoms with Crippen LogP contribution in [-0.4, -0.2) is 13.0 Å². The summed E-state index contributed by atoms with van der Waals surface area (Å²) in [5, 5.41) is 2.94. The van der Waals surface area contributed by atoms with E-state index in [9.17, 15) is 4.79 Å². The summed E-state index contributed by atoms with van der Waals surface area (Å²) in [5.41, 5.74) is 3.47. The smallest absolute Gasteiger partial charge is 0.286 e. The van der Waals surface area contributed by atoms with Crippen molar-refractivity contribution in [2.24, 2.45) is 0 Å². The number of rotatable bonds is 7. The van der Waals surface area contributed by atoms with Crippen LogP contribution in [0.15, 0.2) is 79.1 Å². The molecule has 0 aliphatic heterocycles. The molecule has 0 bridgehead atoms. The average molecular weight is 347 g/mol. The monoisotopic (exact) mass is 347 g/mol. The fraction of sp³-hybridized carbons (Fsp3) is 0.182. The highest BCUT2D eigenvalue weighted by Crippen LogP contribution is 2.16. The van der Waals surface area contributed by atoms with E-state index in [1.165, 1.54) is 11.1 Å². The minimum absolute atomic E-state index is 0.0308. The van der Waals surface area contributed by atoms with Gasteiger partial charge in [-0.15, -0.1) is 0 Å². The van der Waals surface area contributed by atoms with Crippen LogP contribution in [0.4, 0.5) is 0 Å². The zero-order valence-electron chi connectivity index (χ0n) is 14.9. The van der Waals surface area contributed by atoms with E-state index in [1.807, 2.05) is 59.4 Å². The lowest BCUT2D eigenvalue weighted by Crippen LogP contribution is -2.42. The van der Waals surface area contributed by atoms with Crippen LogP contribution >= 0.6 is 0 Å². The number of methoxy groups -OCH3 is 1. The molecule has 26 heavy (non-hydrogen) atoms. The van der Waals surface area contributed by atoms with E-state index in [1.54, 1.807) is 7.11 Å². The van der Waals surface area contributed by atoms with E-state index in [2.05, 4.69) is 29.6 Å². The van der Waals surface area contributed by atoms with Gasteiger partial charge in [-0.2, -0.15) is 4.57 Å². The number of hydrogen-bond acceptors (Lipinski definition) is 2. The Balaban J connectivity index is 1.53. The van der Waals surface area contributed by atoms with Crippen LogP contribution in [0.1, 0.15) is 16.7 Å². The molecule has 0 spiro atoms. The molecular formula is C22H23N2O2+. The molecule has 1 amide bonds. The quantitative estimate of drug-likeness (QED) is 0.668. The molecule has 1 N–H and O–H groups in total. The van der Waals surface area contributed by atoms with Crippen molar-refractivity contribution in [2.45, 2.75) is 19.5 Å². The van der Waals surface area contributed by atoms with E-state index < -0.39 is 0 Å². The van der Waals surface area contributed by atoms with Gasteiger partial charge >= 0.3 is 0 Å². The van der Waals surface area contributed by atoms with Gasteiger partial charge in [0.1, 0.15) is 5.75 Å². The molecule has 0 fully saturated rings. The topological polar surface area (TPSA) is 42.2 Å². The van der Waals surface area contributed by atoms with Crippen molar-refractivity contribution in [3.05, 3.63) is 95.8 Å². The predicted octanol–water partition coefficient (Wildman–Crippen LogP) is 2.89. The number of carbonyl (C=O) groups excluding carboxylic acids is 1. The molecule has 0 saturated carbocycles. The summed E-state index contributed by atoms with van der Waals surface area (Å²) in [6.45, 7) is 0.746. The van der Waals surface area contributed by atoms with Gasteiger partial charge in [0.25, 0.3) is 5.91 Å². The Bertz CT molecular complexity index is 846. The lowest BCUT2D eigenvalue weighted by atomic mass is 10.1. The molecule has 1 heterocycles. The van der Waals surface area contributed by atoms with Gasteiger partial charge in [0.05, 0.1) is 7.11 Å².